The van der Waals surface area contributed by atoms with Crippen LogP contribution in [0.15, 0.2) is 0 Å². The quantitative estimate of drug-likeness (QED) is 0.666. The highest BCUT2D eigenvalue weighted by Gasteiger charge is 2.35. The van der Waals surface area contributed by atoms with Crippen LogP contribution < -0.4 is 0 Å². The Bertz CT molecular complexity index is 249. The second-order valence-corrected chi connectivity index (χ2v) is 4.78. The summed E-state index contributed by atoms with van der Waals surface area (Å²) in [5.74, 6) is 0.716. The van der Waals surface area contributed by atoms with E-state index in [0.29, 0.717) is 17.4 Å². The number of hydrogen-bond acceptors (Lipinski definition) is 4. The molecule has 0 aromatic heterocycles. The molecule has 1 atom stereocenters. The standard InChI is InChI=1S/C9H13NO3S/c11-7(6-1-2-6)3-10-8(12)4-14-5-9(10)13/h6-7,11H,1-5H2. The molecular weight excluding hydrogens is 202 g/mol. The van der Waals surface area contributed by atoms with Crippen LogP contribution in [0.1, 0.15) is 12.8 Å². The smallest absolute Gasteiger partial charge is 0.239 e. The average molecular weight is 215 g/mol. The van der Waals surface area contributed by atoms with Gasteiger partial charge in [0.05, 0.1) is 24.2 Å². The summed E-state index contributed by atoms with van der Waals surface area (Å²) >= 11 is 1.34. The van der Waals surface area contributed by atoms with E-state index in [1.165, 1.54) is 16.7 Å². The van der Waals surface area contributed by atoms with E-state index in [9.17, 15) is 14.7 Å². The summed E-state index contributed by atoms with van der Waals surface area (Å²) in [6, 6.07) is 0. The molecule has 1 unspecified atom stereocenters. The Balaban J connectivity index is 1.92. The molecule has 0 radical (unpaired) electrons. The fraction of sp³-hybridized carbons (Fsp3) is 0.778. The lowest BCUT2D eigenvalue weighted by Crippen LogP contribution is -2.47. The predicted molar refractivity (Wildman–Crippen MR) is 52.8 cm³/mol. The lowest BCUT2D eigenvalue weighted by Gasteiger charge is -2.26. The van der Waals surface area contributed by atoms with Crippen molar-refractivity contribution >= 4 is 23.6 Å². The first-order valence-corrected chi connectivity index (χ1v) is 5.93. The van der Waals surface area contributed by atoms with Crippen LogP contribution in [-0.2, 0) is 9.59 Å². The number of thioether (sulfide) groups is 1. The van der Waals surface area contributed by atoms with Crippen LogP contribution in [0.5, 0.6) is 0 Å². The molecule has 1 saturated carbocycles. The number of carbonyl (C=O) groups is 2. The fourth-order valence-corrected chi connectivity index (χ4v) is 2.30. The van der Waals surface area contributed by atoms with Crippen molar-refractivity contribution in [2.45, 2.75) is 18.9 Å². The van der Waals surface area contributed by atoms with Gasteiger partial charge >= 0.3 is 0 Å². The molecule has 2 fully saturated rings. The molecule has 1 aliphatic carbocycles. The van der Waals surface area contributed by atoms with E-state index in [1.54, 1.807) is 0 Å². The Hall–Kier alpha value is -0.550. The second-order valence-electron chi connectivity index (χ2n) is 3.80. The van der Waals surface area contributed by atoms with Gasteiger partial charge in [-0.3, -0.25) is 14.5 Å². The number of amides is 2. The maximum atomic E-state index is 11.4. The van der Waals surface area contributed by atoms with Gasteiger partial charge < -0.3 is 5.11 Å². The van der Waals surface area contributed by atoms with Crippen molar-refractivity contribution in [3.8, 4) is 0 Å². The lowest BCUT2D eigenvalue weighted by atomic mass is 10.2. The van der Waals surface area contributed by atoms with Gasteiger partial charge in [-0.25, -0.2) is 0 Å². The zero-order chi connectivity index (χ0) is 10.1. The highest BCUT2D eigenvalue weighted by Crippen LogP contribution is 2.33. The van der Waals surface area contributed by atoms with Gasteiger partial charge in [-0.2, -0.15) is 0 Å². The van der Waals surface area contributed by atoms with E-state index in [-0.39, 0.29) is 18.4 Å². The number of rotatable bonds is 3. The van der Waals surface area contributed by atoms with Crippen molar-refractivity contribution in [3.63, 3.8) is 0 Å². The molecule has 1 saturated heterocycles. The highest BCUT2D eigenvalue weighted by atomic mass is 32.2. The molecule has 2 aliphatic rings. The van der Waals surface area contributed by atoms with Crippen molar-refractivity contribution in [3.05, 3.63) is 0 Å². The summed E-state index contributed by atoms with van der Waals surface area (Å²) in [4.78, 5) is 23.9. The Morgan fingerprint density at radius 3 is 2.43 bits per heavy atom. The number of imide groups is 1. The third-order valence-electron chi connectivity index (χ3n) is 2.59. The minimum Gasteiger partial charge on any atom is -0.391 e. The molecule has 2 rings (SSSR count). The Labute approximate surface area is 86.6 Å². The van der Waals surface area contributed by atoms with Crippen molar-refractivity contribution in [2.75, 3.05) is 18.1 Å². The lowest BCUT2D eigenvalue weighted by molar-refractivity contribution is -0.144. The summed E-state index contributed by atoms with van der Waals surface area (Å²) in [7, 11) is 0. The molecule has 0 bridgehead atoms. The normalized spacial score (nSPS) is 25.4. The van der Waals surface area contributed by atoms with E-state index in [2.05, 4.69) is 0 Å². The molecule has 4 nitrogen and oxygen atoms in total. The summed E-state index contributed by atoms with van der Waals surface area (Å²) in [5, 5.41) is 9.62. The number of hydrogen-bond donors (Lipinski definition) is 1. The first kappa shape index (κ1) is 9.98. The number of nitrogens with zero attached hydrogens (tertiary/aromatic N) is 1. The van der Waals surface area contributed by atoms with Gasteiger partial charge in [0.1, 0.15) is 0 Å². The maximum absolute atomic E-state index is 11.4. The highest BCUT2D eigenvalue weighted by molar-refractivity contribution is 8.00. The number of aliphatic hydroxyl groups is 1. The molecular formula is C9H13NO3S. The first-order valence-electron chi connectivity index (χ1n) is 4.77. The number of aliphatic hydroxyl groups excluding tert-OH is 1. The third-order valence-corrected chi connectivity index (χ3v) is 3.49. The van der Waals surface area contributed by atoms with Crippen LogP contribution in [-0.4, -0.2) is 46.0 Å². The molecule has 0 aromatic rings. The van der Waals surface area contributed by atoms with Crippen molar-refractivity contribution in [2.24, 2.45) is 5.92 Å². The summed E-state index contributed by atoms with van der Waals surface area (Å²) in [6.45, 7) is 0.197. The monoisotopic (exact) mass is 215 g/mol. The Morgan fingerprint density at radius 1 is 1.36 bits per heavy atom. The molecule has 0 aromatic carbocycles. The van der Waals surface area contributed by atoms with Crippen LogP contribution in [0.4, 0.5) is 0 Å². The van der Waals surface area contributed by atoms with Crippen LogP contribution >= 0.6 is 11.8 Å². The minimum absolute atomic E-state index is 0.161. The summed E-state index contributed by atoms with van der Waals surface area (Å²) in [5.41, 5.74) is 0. The zero-order valence-electron chi connectivity index (χ0n) is 7.81. The van der Waals surface area contributed by atoms with Crippen molar-refractivity contribution in [1.29, 1.82) is 0 Å². The SMILES string of the molecule is O=C1CSCC(=O)N1CC(O)C1CC1. The molecule has 2 amide bonds. The van der Waals surface area contributed by atoms with Gasteiger partial charge in [0, 0.05) is 0 Å². The van der Waals surface area contributed by atoms with Gasteiger partial charge in [0.15, 0.2) is 0 Å². The predicted octanol–water partition coefficient (Wildman–Crippen LogP) is -0.141. The molecule has 14 heavy (non-hydrogen) atoms. The zero-order valence-corrected chi connectivity index (χ0v) is 8.63. The van der Waals surface area contributed by atoms with Crippen LogP contribution in [0.3, 0.4) is 0 Å². The minimum atomic E-state index is -0.508. The van der Waals surface area contributed by atoms with E-state index in [4.69, 9.17) is 0 Å². The molecule has 1 aliphatic heterocycles. The first-order chi connectivity index (χ1) is 6.68. The van der Waals surface area contributed by atoms with E-state index in [1.807, 2.05) is 0 Å². The average Bonchev–Trinajstić information content (AvgIpc) is 2.94. The fourth-order valence-electron chi connectivity index (χ4n) is 1.54. The van der Waals surface area contributed by atoms with Gasteiger partial charge in [-0.15, -0.1) is 11.8 Å². The summed E-state index contributed by atoms with van der Waals surface area (Å²) in [6.07, 6.45) is 1.53. The summed E-state index contributed by atoms with van der Waals surface area (Å²) < 4.78 is 0. The largest absolute Gasteiger partial charge is 0.391 e. The van der Waals surface area contributed by atoms with Crippen LogP contribution in [0, 0.1) is 5.92 Å². The molecule has 0 spiro atoms. The third kappa shape index (κ3) is 2.09. The van der Waals surface area contributed by atoms with Crippen molar-refractivity contribution in [1.82, 2.24) is 4.90 Å². The van der Waals surface area contributed by atoms with E-state index in [0.717, 1.165) is 12.8 Å². The van der Waals surface area contributed by atoms with Gasteiger partial charge in [-0.1, -0.05) is 0 Å². The Morgan fingerprint density at radius 2 is 1.93 bits per heavy atom. The van der Waals surface area contributed by atoms with E-state index < -0.39 is 6.10 Å². The topological polar surface area (TPSA) is 57.6 Å². The molecule has 78 valence electrons. The number of β-amino-alcohol motifs (C(OH)–C–C–N with tert-alkyl or cyclic N) is 1. The van der Waals surface area contributed by atoms with Crippen molar-refractivity contribution < 1.29 is 14.7 Å². The van der Waals surface area contributed by atoms with Crippen LogP contribution in [0.2, 0.25) is 0 Å². The van der Waals surface area contributed by atoms with Crippen LogP contribution in [0.25, 0.3) is 0 Å². The maximum Gasteiger partial charge on any atom is 0.239 e. The second kappa shape index (κ2) is 3.90. The molecule has 1 heterocycles. The van der Waals surface area contributed by atoms with Gasteiger partial charge in [0.2, 0.25) is 11.8 Å². The number of carbonyl (C=O) groups excluding carboxylic acids is 2. The Kier molecular flexibility index (Phi) is 2.78. The molecule has 5 heteroatoms. The molecule has 1 N–H and O–H groups in total. The van der Waals surface area contributed by atoms with E-state index >= 15 is 0 Å². The van der Waals surface area contributed by atoms with Gasteiger partial charge in [0.25, 0.3) is 0 Å². The van der Waals surface area contributed by atoms with Gasteiger partial charge in [-0.05, 0) is 18.8 Å².